The monoisotopic (exact) mass is 290 g/mol. The summed E-state index contributed by atoms with van der Waals surface area (Å²) < 4.78 is 7.16. The number of morpholine rings is 1. The smallest absolute Gasteiger partial charge is 0.122 e. The van der Waals surface area contributed by atoms with E-state index in [1.54, 1.807) is 0 Å². The minimum Gasteiger partial charge on any atom is -0.360 e. The fourth-order valence-corrected chi connectivity index (χ4v) is 3.75. The van der Waals surface area contributed by atoms with Gasteiger partial charge in [0, 0.05) is 29.2 Å². The molecule has 3 rings (SSSR count). The molecule has 2 heterocycles. The predicted octanol–water partition coefficient (Wildman–Crippen LogP) is 2.71. The minimum atomic E-state index is 0.242. The first-order valence-corrected chi connectivity index (χ1v) is 8.14. The summed E-state index contributed by atoms with van der Waals surface area (Å²) in [6.45, 7) is 3.83. The third kappa shape index (κ3) is 3.38. The second-order valence-electron chi connectivity index (χ2n) is 5.36. The van der Waals surface area contributed by atoms with E-state index in [0.717, 1.165) is 32.7 Å². The molecule has 0 saturated carbocycles. The lowest BCUT2D eigenvalue weighted by Crippen LogP contribution is -2.47. The van der Waals surface area contributed by atoms with Gasteiger partial charge >= 0.3 is 0 Å². The highest BCUT2D eigenvalue weighted by Gasteiger charge is 2.17. The molecule has 1 fully saturated rings. The van der Waals surface area contributed by atoms with Gasteiger partial charge in [-0.05, 0) is 37.4 Å². The predicted molar refractivity (Wildman–Crippen MR) is 85.4 cm³/mol. The van der Waals surface area contributed by atoms with Crippen molar-refractivity contribution in [1.82, 2.24) is 10.2 Å². The summed E-state index contributed by atoms with van der Waals surface area (Å²) in [5.41, 5.74) is 0. The van der Waals surface area contributed by atoms with E-state index in [9.17, 15) is 0 Å². The Bertz CT molecular complexity index is 515. The molecule has 0 spiro atoms. The van der Waals surface area contributed by atoms with Crippen molar-refractivity contribution in [1.29, 1.82) is 0 Å². The van der Waals surface area contributed by atoms with Crippen LogP contribution < -0.4 is 5.32 Å². The van der Waals surface area contributed by atoms with E-state index in [0.29, 0.717) is 0 Å². The Morgan fingerprint density at radius 2 is 2.30 bits per heavy atom. The Balaban J connectivity index is 1.49. The zero-order valence-corrected chi connectivity index (χ0v) is 12.8. The molecule has 1 aromatic heterocycles. The maximum Gasteiger partial charge on any atom is 0.122 e. The highest BCUT2D eigenvalue weighted by Crippen LogP contribution is 2.26. The van der Waals surface area contributed by atoms with Crippen LogP contribution in [0.5, 0.6) is 0 Å². The van der Waals surface area contributed by atoms with Crippen LogP contribution in [-0.2, 0) is 11.2 Å². The number of likely N-dealkylation sites (N-methyl/N-ethyl adjacent to an activating group) is 1. The van der Waals surface area contributed by atoms with Crippen LogP contribution in [0.25, 0.3) is 10.1 Å². The van der Waals surface area contributed by atoms with Crippen LogP contribution in [0.3, 0.4) is 0 Å². The number of nitrogens with zero attached hydrogens (tertiary/aromatic N) is 1. The zero-order chi connectivity index (χ0) is 13.8. The number of rotatable bonds is 5. The number of hydrogen-bond donors (Lipinski definition) is 1. The molecule has 20 heavy (non-hydrogen) atoms. The normalized spacial score (nSPS) is 19.8. The Morgan fingerprint density at radius 3 is 3.10 bits per heavy atom. The molecule has 0 aliphatic carbocycles. The van der Waals surface area contributed by atoms with Crippen molar-refractivity contribution in [2.24, 2.45) is 0 Å². The van der Waals surface area contributed by atoms with Gasteiger partial charge in [-0.15, -0.1) is 11.3 Å². The van der Waals surface area contributed by atoms with E-state index in [1.807, 2.05) is 11.3 Å². The molecule has 2 aromatic rings. The summed E-state index contributed by atoms with van der Waals surface area (Å²) >= 11 is 1.92. The molecular formula is C16H22N2OS. The molecule has 1 aliphatic heterocycles. The number of hydrogen-bond acceptors (Lipinski definition) is 4. The standard InChI is InChI=1S/C16H22N2OS/c1-18(16-12-17-8-10-19-16)9-4-6-14-11-13-5-2-3-7-15(13)20-14/h2-3,5,7,11,16-17H,4,6,8-10,12H2,1H3. The summed E-state index contributed by atoms with van der Waals surface area (Å²) in [7, 11) is 2.16. The number of ether oxygens (including phenoxy) is 1. The van der Waals surface area contributed by atoms with Gasteiger partial charge in [0.15, 0.2) is 0 Å². The molecule has 3 nitrogen and oxygen atoms in total. The largest absolute Gasteiger partial charge is 0.360 e. The van der Waals surface area contributed by atoms with Crippen molar-refractivity contribution in [3.05, 3.63) is 35.2 Å². The lowest BCUT2D eigenvalue weighted by atomic mass is 10.2. The van der Waals surface area contributed by atoms with Crippen LogP contribution in [0.15, 0.2) is 30.3 Å². The third-order valence-corrected chi connectivity index (χ3v) is 4.99. The van der Waals surface area contributed by atoms with E-state index >= 15 is 0 Å². The topological polar surface area (TPSA) is 24.5 Å². The lowest BCUT2D eigenvalue weighted by molar-refractivity contribution is -0.0641. The van der Waals surface area contributed by atoms with Crippen molar-refractivity contribution in [2.75, 3.05) is 33.3 Å². The van der Waals surface area contributed by atoms with Gasteiger partial charge in [-0.1, -0.05) is 18.2 Å². The van der Waals surface area contributed by atoms with Gasteiger partial charge in [-0.2, -0.15) is 0 Å². The quantitative estimate of drug-likeness (QED) is 0.916. The Labute approximate surface area is 124 Å². The number of nitrogens with one attached hydrogen (secondary N) is 1. The minimum absolute atomic E-state index is 0.242. The van der Waals surface area contributed by atoms with Gasteiger partial charge < -0.3 is 10.1 Å². The third-order valence-electron chi connectivity index (χ3n) is 3.81. The Hall–Kier alpha value is -0.940. The second kappa shape index (κ2) is 6.68. The van der Waals surface area contributed by atoms with Crippen LogP contribution in [-0.4, -0.2) is 44.4 Å². The summed E-state index contributed by atoms with van der Waals surface area (Å²) in [4.78, 5) is 3.81. The highest BCUT2D eigenvalue weighted by atomic mass is 32.1. The van der Waals surface area contributed by atoms with Gasteiger partial charge in [0.05, 0.1) is 6.61 Å². The summed E-state index contributed by atoms with van der Waals surface area (Å²) in [6, 6.07) is 11.0. The highest BCUT2D eigenvalue weighted by molar-refractivity contribution is 7.19. The first kappa shape index (κ1) is 14.0. The molecule has 1 aliphatic rings. The number of fused-ring (bicyclic) bond motifs is 1. The van der Waals surface area contributed by atoms with E-state index in [4.69, 9.17) is 4.74 Å². The van der Waals surface area contributed by atoms with Crippen LogP contribution >= 0.6 is 11.3 Å². The average molecular weight is 290 g/mol. The molecule has 1 N–H and O–H groups in total. The van der Waals surface area contributed by atoms with Crippen LogP contribution in [0.1, 0.15) is 11.3 Å². The van der Waals surface area contributed by atoms with Gasteiger partial charge in [0.25, 0.3) is 0 Å². The van der Waals surface area contributed by atoms with Gasteiger partial charge in [0.2, 0.25) is 0 Å². The second-order valence-corrected chi connectivity index (χ2v) is 6.53. The van der Waals surface area contributed by atoms with Crippen LogP contribution in [0.4, 0.5) is 0 Å². The van der Waals surface area contributed by atoms with E-state index in [2.05, 4.69) is 47.6 Å². The van der Waals surface area contributed by atoms with Crippen molar-refractivity contribution in [2.45, 2.75) is 19.1 Å². The molecule has 0 amide bonds. The first-order valence-electron chi connectivity index (χ1n) is 7.33. The maximum absolute atomic E-state index is 5.76. The SMILES string of the molecule is CN(CCCc1cc2ccccc2s1)C1CNCCO1. The molecule has 1 unspecified atom stereocenters. The summed E-state index contributed by atoms with van der Waals surface area (Å²) in [5.74, 6) is 0. The molecule has 1 aromatic carbocycles. The molecule has 1 saturated heterocycles. The van der Waals surface area contributed by atoms with Crippen LogP contribution in [0, 0.1) is 0 Å². The van der Waals surface area contributed by atoms with E-state index in [-0.39, 0.29) is 6.23 Å². The number of benzene rings is 1. The van der Waals surface area contributed by atoms with Crippen molar-refractivity contribution in [3.63, 3.8) is 0 Å². The first-order chi connectivity index (χ1) is 9.83. The number of thiophene rings is 1. The Kier molecular flexibility index (Phi) is 4.68. The molecule has 108 valence electrons. The van der Waals surface area contributed by atoms with Gasteiger partial charge in [0.1, 0.15) is 6.23 Å². The fraction of sp³-hybridized carbons (Fsp3) is 0.500. The molecule has 0 radical (unpaired) electrons. The molecular weight excluding hydrogens is 268 g/mol. The van der Waals surface area contributed by atoms with Crippen molar-refractivity contribution < 1.29 is 4.74 Å². The van der Waals surface area contributed by atoms with Crippen molar-refractivity contribution in [3.8, 4) is 0 Å². The Morgan fingerprint density at radius 1 is 1.40 bits per heavy atom. The fourth-order valence-electron chi connectivity index (χ4n) is 2.64. The van der Waals surface area contributed by atoms with Gasteiger partial charge in [-0.3, -0.25) is 4.90 Å². The van der Waals surface area contributed by atoms with E-state index in [1.165, 1.54) is 21.4 Å². The van der Waals surface area contributed by atoms with E-state index < -0.39 is 0 Å². The average Bonchev–Trinajstić information content (AvgIpc) is 2.90. The van der Waals surface area contributed by atoms with Crippen molar-refractivity contribution >= 4 is 21.4 Å². The molecule has 0 bridgehead atoms. The molecule has 1 atom stereocenters. The summed E-state index contributed by atoms with van der Waals surface area (Å²) in [6.07, 6.45) is 2.58. The maximum atomic E-state index is 5.76. The lowest BCUT2D eigenvalue weighted by Gasteiger charge is -2.31. The molecule has 4 heteroatoms. The zero-order valence-electron chi connectivity index (χ0n) is 12.0. The van der Waals surface area contributed by atoms with Crippen LogP contribution in [0.2, 0.25) is 0 Å². The van der Waals surface area contributed by atoms with Gasteiger partial charge in [-0.25, -0.2) is 0 Å². The number of aryl methyl sites for hydroxylation is 1. The summed E-state index contributed by atoms with van der Waals surface area (Å²) in [5, 5.41) is 4.75.